The monoisotopic (exact) mass is 330 g/mol. The molecule has 0 spiro atoms. The maximum Gasteiger partial charge on any atom is 0.262 e. The molecule has 2 rings (SSSR count). The molecule has 2 aromatic carbocycles. The molecule has 0 aromatic heterocycles. The lowest BCUT2D eigenvalue weighted by molar-refractivity contribution is 0.596. The van der Waals surface area contributed by atoms with E-state index in [4.69, 9.17) is 5.14 Å². The summed E-state index contributed by atoms with van der Waals surface area (Å²) in [5.74, 6) is -0.747. The van der Waals surface area contributed by atoms with Crippen LogP contribution in [0.4, 0.5) is 10.1 Å². The molecule has 0 bridgehead atoms. The number of halogens is 1. The fourth-order valence-electron chi connectivity index (χ4n) is 1.57. The zero-order valence-corrected chi connectivity index (χ0v) is 12.2. The lowest BCUT2D eigenvalue weighted by Gasteiger charge is -2.09. The molecule has 0 aliphatic carbocycles. The second-order valence-corrected chi connectivity index (χ2v) is 7.35. The van der Waals surface area contributed by atoms with Crippen LogP contribution in [0.1, 0.15) is 0 Å². The largest absolute Gasteiger partial charge is 0.277 e. The van der Waals surface area contributed by atoms with E-state index in [2.05, 4.69) is 0 Å². The molecule has 0 amide bonds. The van der Waals surface area contributed by atoms with Gasteiger partial charge in [-0.05, 0) is 30.3 Å². The number of rotatable bonds is 4. The zero-order valence-electron chi connectivity index (χ0n) is 10.5. The highest BCUT2D eigenvalue weighted by Crippen LogP contribution is 2.20. The lowest BCUT2D eigenvalue weighted by atomic mass is 10.3. The summed E-state index contributed by atoms with van der Waals surface area (Å²) in [7, 11) is -8.16. The van der Waals surface area contributed by atoms with Crippen molar-refractivity contribution >= 4 is 25.7 Å². The van der Waals surface area contributed by atoms with Gasteiger partial charge in [0.05, 0.1) is 15.5 Å². The van der Waals surface area contributed by atoms with Crippen molar-refractivity contribution in [3.63, 3.8) is 0 Å². The molecule has 0 atom stereocenters. The van der Waals surface area contributed by atoms with Crippen LogP contribution >= 0.6 is 0 Å². The summed E-state index contributed by atoms with van der Waals surface area (Å²) in [6.45, 7) is 0. The van der Waals surface area contributed by atoms with Crippen LogP contribution in [0, 0.1) is 5.82 Å². The number of para-hydroxylation sites is 1. The first-order valence-electron chi connectivity index (χ1n) is 5.60. The minimum Gasteiger partial charge on any atom is -0.277 e. The van der Waals surface area contributed by atoms with Gasteiger partial charge in [0.15, 0.2) is 0 Å². The van der Waals surface area contributed by atoms with Crippen molar-refractivity contribution < 1.29 is 21.2 Å². The fraction of sp³-hybridized carbons (Fsp3) is 0. The third-order valence-electron chi connectivity index (χ3n) is 2.56. The molecule has 21 heavy (non-hydrogen) atoms. The number of nitrogens with one attached hydrogen (secondary N) is 1. The normalized spacial score (nSPS) is 12.1. The van der Waals surface area contributed by atoms with Gasteiger partial charge >= 0.3 is 0 Å². The van der Waals surface area contributed by atoms with E-state index in [9.17, 15) is 21.2 Å². The van der Waals surface area contributed by atoms with Gasteiger partial charge in [0.25, 0.3) is 10.0 Å². The predicted octanol–water partition coefficient (Wildman–Crippen LogP) is 1.27. The number of benzene rings is 2. The van der Waals surface area contributed by atoms with Gasteiger partial charge < -0.3 is 0 Å². The Labute approximate surface area is 121 Å². The topological polar surface area (TPSA) is 106 Å². The van der Waals surface area contributed by atoms with Gasteiger partial charge in [0.2, 0.25) is 10.0 Å². The van der Waals surface area contributed by atoms with Gasteiger partial charge in [-0.15, -0.1) is 0 Å². The molecule has 0 radical (unpaired) electrons. The average Bonchev–Trinajstić information content (AvgIpc) is 2.40. The summed E-state index contributed by atoms with van der Waals surface area (Å²) in [5, 5.41) is 4.94. The van der Waals surface area contributed by atoms with Crippen LogP contribution in [-0.2, 0) is 20.0 Å². The van der Waals surface area contributed by atoms with Crippen LogP contribution in [0.2, 0.25) is 0 Å². The van der Waals surface area contributed by atoms with Crippen molar-refractivity contribution in [2.75, 3.05) is 4.72 Å². The molecule has 0 saturated heterocycles. The number of anilines is 1. The maximum atomic E-state index is 13.5. The second-order valence-electron chi connectivity index (χ2n) is 4.11. The van der Waals surface area contributed by atoms with Crippen LogP contribution in [0.3, 0.4) is 0 Å². The van der Waals surface area contributed by atoms with Crippen LogP contribution in [0.25, 0.3) is 0 Å². The molecule has 112 valence electrons. The molecule has 0 aliphatic rings. The minimum atomic E-state index is -4.13. The zero-order chi connectivity index (χ0) is 15.7. The Bertz CT molecular complexity index is 880. The molecule has 2 aromatic rings. The molecule has 6 nitrogen and oxygen atoms in total. The highest BCUT2D eigenvalue weighted by atomic mass is 32.2. The number of primary sulfonamides is 1. The van der Waals surface area contributed by atoms with Crippen molar-refractivity contribution in [2.24, 2.45) is 5.14 Å². The molecule has 0 unspecified atom stereocenters. The Balaban J connectivity index is 2.44. The SMILES string of the molecule is NS(=O)(=O)c1cccc(S(=O)(=O)Nc2ccccc2F)c1. The van der Waals surface area contributed by atoms with E-state index in [0.29, 0.717) is 0 Å². The fourth-order valence-corrected chi connectivity index (χ4v) is 3.31. The Hall–Kier alpha value is -1.97. The third-order valence-corrected chi connectivity index (χ3v) is 4.84. The average molecular weight is 330 g/mol. The quantitative estimate of drug-likeness (QED) is 0.880. The van der Waals surface area contributed by atoms with E-state index in [1.54, 1.807) is 0 Å². The number of hydrogen-bond acceptors (Lipinski definition) is 4. The summed E-state index contributed by atoms with van der Waals surface area (Å²) in [6, 6.07) is 9.69. The van der Waals surface area contributed by atoms with E-state index < -0.39 is 25.9 Å². The van der Waals surface area contributed by atoms with Crippen molar-refractivity contribution in [1.29, 1.82) is 0 Å². The van der Waals surface area contributed by atoms with Crippen molar-refractivity contribution in [3.05, 3.63) is 54.3 Å². The number of sulfonamides is 2. The van der Waals surface area contributed by atoms with Crippen molar-refractivity contribution in [2.45, 2.75) is 9.79 Å². The van der Waals surface area contributed by atoms with Gasteiger partial charge in [0, 0.05) is 0 Å². The standard InChI is InChI=1S/C12H11FN2O4S2/c13-11-6-1-2-7-12(11)15-21(18,19)10-5-3-4-9(8-10)20(14,16)17/h1-8,15H,(H2,14,16,17). The number of hydrogen-bond donors (Lipinski definition) is 2. The van der Waals surface area contributed by atoms with Crippen molar-refractivity contribution in [1.82, 2.24) is 0 Å². The van der Waals surface area contributed by atoms with Gasteiger partial charge in [0.1, 0.15) is 5.82 Å². The summed E-state index contributed by atoms with van der Waals surface area (Å²) >= 11 is 0. The smallest absolute Gasteiger partial charge is 0.262 e. The molecule has 0 aliphatic heterocycles. The predicted molar refractivity (Wildman–Crippen MR) is 75.0 cm³/mol. The highest BCUT2D eigenvalue weighted by Gasteiger charge is 2.18. The van der Waals surface area contributed by atoms with Gasteiger partial charge in [-0.25, -0.2) is 26.4 Å². The van der Waals surface area contributed by atoms with E-state index in [0.717, 1.165) is 18.2 Å². The summed E-state index contributed by atoms with van der Waals surface area (Å²) < 4.78 is 62.2. The van der Waals surface area contributed by atoms with Crippen LogP contribution < -0.4 is 9.86 Å². The second kappa shape index (κ2) is 5.43. The summed E-state index contributed by atoms with van der Waals surface area (Å²) in [5.41, 5.74) is -0.237. The lowest BCUT2D eigenvalue weighted by Crippen LogP contribution is -2.16. The van der Waals surface area contributed by atoms with Gasteiger partial charge in [-0.2, -0.15) is 0 Å². The van der Waals surface area contributed by atoms with Gasteiger partial charge in [-0.1, -0.05) is 18.2 Å². The van der Waals surface area contributed by atoms with Gasteiger partial charge in [-0.3, -0.25) is 4.72 Å². The van der Waals surface area contributed by atoms with Crippen LogP contribution in [0.15, 0.2) is 58.3 Å². The molecule has 0 heterocycles. The van der Waals surface area contributed by atoms with E-state index >= 15 is 0 Å². The Kier molecular flexibility index (Phi) is 3.99. The van der Waals surface area contributed by atoms with E-state index in [1.165, 1.54) is 30.3 Å². The third kappa shape index (κ3) is 3.57. The first kappa shape index (κ1) is 15.4. The molecule has 9 heteroatoms. The highest BCUT2D eigenvalue weighted by molar-refractivity contribution is 7.93. The Morgan fingerprint density at radius 1 is 0.905 bits per heavy atom. The summed E-state index contributed by atoms with van der Waals surface area (Å²) in [6.07, 6.45) is 0. The van der Waals surface area contributed by atoms with E-state index in [1.807, 2.05) is 4.72 Å². The number of nitrogens with two attached hydrogens (primary N) is 1. The molecule has 0 saturated carbocycles. The van der Waals surface area contributed by atoms with Crippen LogP contribution in [0.5, 0.6) is 0 Å². The van der Waals surface area contributed by atoms with Crippen molar-refractivity contribution in [3.8, 4) is 0 Å². The van der Waals surface area contributed by atoms with Crippen LogP contribution in [-0.4, -0.2) is 16.8 Å². The maximum absolute atomic E-state index is 13.5. The first-order chi connectivity index (χ1) is 9.70. The molecular formula is C12H11FN2O4S2. The molecule has 3 N–H and O–H groups in total. The van der Waals surface area contributed by atoms with E-state index in [-0.39, 0.29) is 15.5 Å². The molecule has 0 fully saturated rings. The first-order valence-corrected chi connectivity index (χ1v) is 8.63. The minimum absolute atomic E-state index is 0.237. The Morgan fingerprint density at radius 2 is 1.52 bits per heavy atom. The summed E-state index contributed by atoms with van der Waals surface area (Å²) in [4.78, 5) is -0.684. The Morgan fingerprint density at radius 3 is 2.14 bits per heavy atom. The molecular weight excluding hydrogens is 319 g/mol.